The topological polar surface area (TPSA) is 41.6 Å². The van der Waals surface area contributed by atoms with E-state index in [2.05, 4.69) is 34.5 Å². The van der Waals surface area contributed by atoms with Crippen LogP contribution in [0.15, 0.2) is 30.3 Å². The second-order valence-electron chi connectivity index (χ2n) is 8.00. The van der Waals surface area contributed by atoms with Gasteiger partial charge in [0.1, 0.15) is 0 Å². The Hall–Kier alpha value is -1.39. The molecule has 1 aliphatic heterocycles. The molecule has 2 aliphatic carbocycles. The van der Waals surface area contributed by atoms with Crippen molar-refractivity contribution in [3.8, 4) is 0 Å². The normalized spacial score (nSPS) is 28.2. The third-order valence-corrected chi connectivity index (χ3v) is 6.64. The molecule has 1 amide bonds. The van der Waals surface area contributed by atoms with Crippen LogP contribution in [0.25, 0.3) is 0 Å². The SMILES string of the molecule is O=C(NCCCN1CCOCC1)[C@@]1(c2ccccc2)CC12CCCC2. The monoisotopic (exact) mass is 342 g/mol. The molecule has 1 spiro atoms. The fourth-order valence-electron chi connectivity index (χ4n) is 5.18. The van der Waals surface area contributed by atoms with Crippen molar-refractivity contribution in [1.29, 1.82) is 0 Å². The zero-order chi connectivity index (χ0) is 17.2. The van der Waals surface area contributed by atoms with Crippen LogP contribution in [0.3, 0.4) is 0 Å². The predicted octanol–water partition coefficient (Wildman–Crippen LogP) is 2.73. The number of hydrogen-bond acceptors (Lipinski definition) is 3. The van der Waals surface area contributed by atoms with Crippen molar-refractivity contribution in [3.63, 3.8) is 0 Å². The minimum absolute atomic E-state index is 0.239. The number of carbonyl (C=O) groups is 1. The Morgan fingerprint density at radius 2 is 1.84 bits per heavy atom. The summed E-state index contributed by atoms with van der Waals surface area (Å²) in [5.74, 6) is 0.266. The van der Waals surface area contributed by atoms with Crippen LogP contribution in [0, 0.1) is 5.41 Å². The number of nitrogens with one attached hydrogen (secondary N) is 1. The van der Waals surface area contributed by atoms with Crippen molar-refractivity contribution in [2.75, 3.05) is 39.4 Å². The van der Waals surface area contributed by atoms with Gasteiger partial charge in [-0.3, -0.25) is 9.69 Å². The highest BCUT2D eigenvalue weighted by atomic mass is 16.5. The molecule has 3 aliphatic rings. The number of amides is 1. The summed E-state index contributed by atoms with van der Waals surface area (Å²) in [6.45, 7) is 5.54. The van der Waals surface area contributed by atoms with Gasteiger partial charge in [0.05, 0.1) is 18.6 Å². The van der Waals surface area contributed by atoms with E-state index in [0.29, 0.717) is 0 Å². The number of benzene rings is 1. The average molecular weight is 342 g/mol. The molecule has 1 N–H and O–H groups in total. The minimum atomic E-state index is -0.260. The Kier molecular flexibility index (Phi) is 4.83. The van der Waals surface area contributed by atoms with Crippen molar-refractivity contribution in [1.82, 2.24) is 10.2 Å². The third kappa shape index (κ3) is 3.11. The molecule has 136 valence electrons. The summed E-state index contributed by atoms with van der Waals surface area (Å²) >= 11 is 0. The van der Waals surface area contributed by atoms with E-state index in [4.69, 9.17) is 4.74 Å². The maximum atomic E-state index is 13.2. The molecule has 4 nitrogen and oxygen atoms in total. The molecule has 1 atom stereocenters. The van der Waals surface area contributed by atoms with E-state index in [0.717, 1.165) is 52.2 Å². The molecule has 0 radical (unpaired) electrons. The molecule has 1 saturated heterocycles. The van der Waals surface area contributed by atoms with E-state index in [-0.39, 0.29) is 16.7 Å². The van der Waals surface area contributed by atoms with Gasteiger partial charge in [0.15, 0.2) is 0 Å². The van der Waals surface area contributed by atoms with Crippen molar-refractivity contribution in [2.45, 2.75) is 43.9 Å². The molecule has 25 heavy (non-hydrogen) atoms. The van der Waals surface area contributed by atoms with Crippen LogP contribution in [-0.4, -0.2) is 50.2 Å². The van der Waals surface area contributed by atoms with Gasteiger partial charge >= 0.3 is 0 Å². The van der Waals surface area contributed by atoms with Gasteiger partial charge in [0.2, 0.25) is 5.91 Å². The van der Waals surface area contributed by atoms with Crippen LogP contribution in [-0.2, 0) is 14.9 Å². The zero-order valence-corrected chi connectivity index (χ0v) is 15.1. The molecule has 1 heterocycles. The maximum Gasteiger partial charge on any atom is 0.231 e. The largest absolute Gasteiger partial charge is 0.379 e. The van der Waals surface area contributed by atoms with Gasteiger partial charge in [0, 0.05) is 19.6 Å². The first-order valence-corrected chi connectivity index (χ1v) is 9.91. The van der Waals surface area contributed by atoms with E-state index in [9.17, 15) is 4.79 Å². The molecule has 0 bridgehead atoms. The first kappa shape index (κ1) is 17.0. The van der Waals surface area contributed by atoms with Gasteiger partial charge in [-0.1, -0.05) is 43.2 Å². The minimum Gasteiger partial charge on any atom is -0.379 e. The van der Waals surface area contributed by atoms with Crippen LogP contribution in [0.5, 0.6) is 0 Å². The molecule has 1 aromatic carbocycles. The molecule has 4 rings (SSSR count). The highest BCUT2D eigenvalue weighted by Gasteiger charge is 2.72. The fraction of sp³-hybridized carbons (Fsp3) is 0.667. The van der Waals surface area contributed by atoms with Gasteiger partial charge < -0.3 is 10.1 Å². The van der Waals surface area contributed by atoms with Gasteiger partial charge in [-0.05, 0) is 43.2 Å². The molecule has 4 heteroatoms. The van der Waals surface area contributed by atoms with Crippen molar-refractivity contribution in [3.05, 3.63) is 35.9 Å². The Labute approximate surface area is 150 Å². The molecule has 3 fully saturated rings. The molecule has 1 aromatic rings. The number of rotatable bonds is 6. The third-order valence-electron chi connectivity index (χ3n) is 6.64. The second-order valence-corrected chi connectivity index (χ2v) is 8.00. The van der Waals surface area contributed by atoms with Gasteiger partial charge in [-0.15, -0.1) is 0 Å². The van der Waals surface area contributed by atoms with E-state index >= 15 is 0 Å². The Bertz CT molecular complexity index is 591. The van der Waals surface area contributed by atoms with Crippen LogP contribution >= 0.6 is 0 Å². The van der Waals surface area contributed by atoms with Gasteiger partial charge in [-0.25, -0.2) is 0 Å². The summed E-state index contributed by atoms with van der Waals surface area (Å²) in [5, 5.41) is 3.28. The first-order valence-electron chi connectivity index (χ1n) is 9.91. The summed E-state index contributed by atoms with van der Waals surface area (Å²) in [6.07, 6.45) is 7.03. The Morgan fingerprint density at radius 1 is 1.12 bits per heavy atom. The first-order chi connectivity index (χ1) is 12.3. The van der Waals surface area contributed by atoms with Crippen molar-refractivity contribution >= 4 is 5.91 Å². The summed E-state index contributed by atoms with van der Waals surface area (Å²) < 4.78 is 5.39. The van der Waals surface area contributed by atoms with Crippen LogP contribution < -0.4 is 5.32 Å². The standard InChI is InChI=1S/C21H30N2O2/c24-19(22-11-6-12-23-13-15-25-16-14-23)21(18-7-2-1-3-8-18)17-20(21)9-4-5-10-20/h1-3,7-8H,4-6,9-17H2,(H,22,24)/t21-/m0/s1. The highest BCUT2D eigenvalue weighted by Crippen LogP contribution is 2.72. The van der Waals surface area contributed by atoms with Gasteiger partial charge in [0.25, 0.3) is 0 Å². The quantitative estimate of drug-likeness (QED) is 0.808. The molecule has 0 aromatic heterocycles. The Balaban J connectivity index is 1.36. The number of carbonyl (C=O) groups excluding carboxylic acids is 1. The predicted molar refractivity (Wildman–Crippen MR) is 98.5 cm³/mol. The number of morpholine rings is 1. The van der Waals surface area contributed by atoms with Crippen LogP contribution in [0.1, 0.15) is 44.1 Å². The zero-order valence-electron chi connectivity index (χ0n) is 15.1. The summed E-state index contributed by atoms with van der Waals surface area (Å²) in [7, 11) is 0. The van der Waals surface area contributed by atoms with Crippen LogP contribution in [0.4, 0.5) is 0 Å². The molecule has 2 saturated carbocycles. The smallest absolute Gasteiger partial charge is 0.231 e. The molecular weight excluding hydrogens is 312 g/mol. The average Bonchev–Trinajstić information content (AvgIpc) is 3.08. The van der Waals surface area contributed by atoms with Crippen LogP contribution in [0.2, 0.25) is 0 Å². The lowest BCUT2D eigenvalue weighted by molar-refractivity contribution is -0.124. The summed E-state index contributed by atoms with van der Waals surface area (Å²) in [5.41, 5.74) is 1.20. The number of ether oxygens (including phenoxy) is 1. The van der Waals surface area contributed by atoms with Crippen molar-refractivity contribution < 1.29 is 9.53 Å². The maximum absolute atomic E-state index is 13.2. The highest BCUT2D eigenvalue weighted by molar-refractivity contribution is 5.93. The lowest BCUT2D eigenvalue weighted by Gasteiger charge is -2.27. The summed E-state index contributed by atoms with van der Waals surface area (Å²) in [6, 6.07) is 10.5. The lowest BCUT2D eigenvalue weighted by Crippen LogP contribution is -2.41. The number of hydrogen-bond donors (Lipinski definition) is 1. The van der Waals surface area contributed by atoms with E-state index in [1.807, 2.05) is 6.07 Å². The second kappa shape index (κ2) is 7.08. The van der Waals surface area contributed by atoms with Crippen molar-refractivity contribution in [2.24, 2.45) is 5.41 Å². The molecule has 0 unspecified atom stereocenters. The van der Waals surface area contributed by atoms with E-state index in [1.165, 1.54) is 31.2 Å². The summed E-state index contributed by atoms with van der Waals surface area (Å²) in [4.78, 5) is 15.6. The van der Waals surface area contributed by atoms with Gasteiger partial charge in [-0.2, -0.15) is 0 Å². The molecular formula is C21H30N2O2. The van der Waals surface area contributed by atoms with E-state index in [1.54, 1.807) is 0 Å². The lowest BCUT2D eigenvalue weighted by atomic mass is 9.84. The van der Waals surface area contributed by atoms with E-state index < -0.39 is 0 Å². The Morgan fingerprint density at radius 3 is 2.56 bits per heavy atom. The number of nitrogens with zero attached hydrogens (tertiary/aromatic N) is 1. The fourth-order valence-corrected chi connectivity index (χ4v) is 5.18.